The van der Waals surface area contributed by atoms with Crippen molar-refractivity contribution in [3.05, 3.63) is 76.1 Å². The van der Waals surface area contributed by atoms with Gasteiger partial charge in [-0.25, -0.2) is 4.98 Å². The highest BCUT2D eigenvalue weighted by atomic mass is 16.6. The number of nitro groups is 1. The molecule has 0 aliphatic carbocycles. The first kappa shape index (κ1) is 19.0. The molecule has 9 nitrogen and oxygen atoms in total. The van der Waals surface area contributed by atoms with Crippen LogP contribution in [0.2, 0.25) is 0 Å². The van der Waals surface area contributed by atoms with Crippen LogP contribution in [0.15, 0.2) is 53.2 Å². The Labute approximate surface area is 168 Å². The quantitative estimate of drug-likeness (QED) is 0.465. The number of piperazine rings is 1. The number of hydrogen-bond donors (Lipinski definition) is 0. The molecule has 2 aromatic heterocycles. The number of anilines is 1. The van der Waals surface area contributed by atoms with Crippen molar-refractivity contribution in [1.82, 2.24) is 20.0 Å². The maximum Gasteiger partial charge on any atom is 0.311 e. The monoisotopic (exact) mass is 394 g/mol. The molecule has 1 aromatic carbocycles. The highest BCUT2D eigenvalue weighted by molar-refractivity contribution is 5.57. The molecule has 150 valence electrons. The molecule has 1 aliphatic heterocycles. The minimum atomic E-state index is -0.385. The van der Waals surface area contributed by atoms with E-state index in [0.717, 1.165) is 18.7 Å². The van der Waals surface area contributed by atoms with E-state index in [1.807, 2.05) is 42.2 Å². The Hall–Kier alpha value is -3.33. The van der Waals surface area contributed by atoms with Crippen molar-refractivity contribution in [2.45, 2.75) is 19.4 Å². The summed E-state index contributed by atoms with van der Waals surface area (Å²) in [6.45, 7) is 4.79. The highest BCUT2D eigenvalue weighted by Crippen LogP contribution is 2.27. The van der Waals surface area contributed by atoms with Gasteiger partial charge >= 0.3 is 5.69 Å². The van der Waals surface area contributed by atoms with Gasteiger partial charge in [0.2, 0.25) is 11.7 Å². The summed E-state index contributed by atoms with van der Waals surface area (Å²) < 4.78 is 5.50. The Morgan fingerprint density at radius 1 is 1.14 bits per heavy atom. The number of rotatable bonds is 6. The molecule has 1 aliphatic rings. The lowest BCUT2D eigenvalue weighted by Crippen LogP contribution is -2.47. The lowest BCUT2D eigenvalue weighted by Gasteiger charge is -2.37. The summed E-state index contributed by atoms with van der Waals surface area (Å²) in [6, 6.07) is 13.1. The third-order valence-electron chi connectivity index (χ3n) is 5.17. The number of benzene rings is 1. The average Bonchev–Trinajstić information content (AvgIpc) is 3.22. The number of aromatic nitrogens is 3. The minimum Gasteiger partial charge on any atom is -0.348 e. The smallest absolute Gasteiger partial charge is 0.311 e. The lowest BCUT2D eigenvalue weighted by molar-refractivity contribution is -0.384. The van der Waals surface area contributed by atoms with E-state index in [9.17, 15) is 10.1 Å². The summed E-state index contributed by atoms with van der Waals surface area (Å²) >= 11 is 0. The van der Waals surface area contributed by atoms with Crippen LogP contribution in [0.4, 0.5) is 11.5 Å². The van der Waals surface area contributed by atoms with Crippen LogP contribution in [0.1, 0.15) is 30.2 Å². The van der Waals surface area contributed by atoms with Crippen LogP contribution in [0.5, 0.6) is 0 Å². The SMILES string of the molecule is CC(c1nc(Cc2ccccc2)no1)N1CCN(c2ncccc2[N+](=O)[O-])CC1. The van der Waals surface area contributed by atoms with Gasteiger partial charge in [-0.2, -0.15) is 4.98 Å². The van der Waals surface area contributed by atoms with Crippen molar-refractivity contribution in [3.63, 3.8) is 0 Å². The predicted octanol–water partition coefficient (Wildman–Crippen LogP) is 2.85. The topological polar surface area (TPSA) is 101 Å². The molecule has 1 saturated heterocycles. The van der Waals surface area contributed by atoms with Gasteiger partial charge in [-0.3, -0.25) is 15.0 Å². The van der Waals surface area contributed by atoms with Gasteiger partial charge in [0.15, 0.2) is 5.82 Å². The van der Waals surface area contributed by atoms with Gasteiger partial charge in [-0.05, 0) is 18.6 Å². The van der Waals surface area contributed by atoms with E-state index in [1.165, 1.54) is 6.07 Å². The molecule has 0 bridgehead atoms. The molecule has 3 heterocycles. The Morgan fingerprint density at radius 2 is 1.90 bits per heavy atom. The van der Waals surface area contributed by atoms with Crippen molar-refractivity contribution in [1.29, 1.82) is 0 Å². The first-order valence-electron chi connectivity index (χ1n) is 9.56. The Balaban J connectivity index is 1.38. The minimum absolute atomic E-state index is 0.0205. The lowest BCUT2D eigenvalue weighted by atomic mass is 10.1. The Morgan fingerprint density at radius 3 is 2.62 bits per heavy atom. The van der Waals surface area contributed by atoms with Gasteiger partial charge in [-0.15, -0.1) is 0 Å². The van der Waals surface area contributed by atoms with Crippen LogP contribution in [0.3, 0.4) is 0 Å². The molecule has 1 unspecified atom stereocenters. The van der Waals surface area contributed by atoms with E-state index in [1.54, 1.807) is 12.3 Å². The van der Waals surface area contributed by atoms with Crippen molar-refractivity contribution in [2.75, 3.05) is 31.1 Å². The maximum atomic E-state index is 11.3. The van der Waals surface area contributed by atoms with Gasteiger partial charge in [0.25, 0.3) is 0 Å². The second-order valence-corrected chi connectivity index (χ2v) is 7.01. The van der Waals surface area contributed by atoms with Crippen LogP contribution in [0.25, 0.3) is 0 Å². The first-order valence-corrected chi connectivity index (χ1v) is 9.56. The van der Waals surface area contributed by atoms with Crippen LogP contribution in [0, 0.1) is 10.1 Å². The summed E-state index contributed by atoms with van der Waals surface area (Å²) in [5, 5.41) is 15.4. The average molecular weight is 394 g/mol. The summed E-state index contributed by atoms with van der Waals surface area (Å²) in [5.74, 6) is 1.68. The molecule has 3 aromatic rings. The summed E-state index contributed by atoms with van der Waals surface area (Å²) in [6.07, 6.45) is 2.22. The molecule has 4 rings (SSSR count). The molecule has 0 amide bonds. The summed E-state index contributed by atoms with van der Waals surface area (Å²) in [4.78, 5) is 23.8. The Bertz CT molecular complexity index is 969. The highest BCUT2D eigenvalue weighted by Gasteiger charge is 2.29. The van der Waals surface area contributed by atoms with Crippen molar-refractivity contribution in [2.24, 2.45) is 0 Å². The Kier molecular flexibility index (Phi) is 5.48. The molecule has 0 spiro atoms. The van der Waals surface area contributed by atoms with Gasteiger partial charge in [0, 0.05) is 44.9 Å². The van der Waals surface area contributed by atoms with E-state index >= 15 is 0 Å². The molecule has 1 atom stereocenters. The fourth-order valence-electron chi connectivity index (χ4n) is 3.54. The fraction of sp³-hybridized carbons (Fsp3) is 0.350. The molecule has 1 fully saturated rings. The van der Waals surface area contributed by atoms with Crippen molar-refractivity contribution in [3.8, 4) is 0 Å². The second kappa shape index (κ2) is 8.36. The van der Waals surface area contributed by atoms with E-state index < -0.39 is 0 Å². The molecule has 0 radical (unpaired) electrons. The van der Waals surface area contributed by atoms with Crippen LogP contribution in [-0.4, -0.2) is 51.1 Å². The van der Waals surface area contributed by atoms with E-state index in [-0.39, 0.29) is 16.7 Å². The van der Waals surface area contributed by atoms with Crippen molar-refractivity contribution >= 4 is 11.5 Å². The fourth-order valence-corrected chi connectivity index (χ4v) is 3.54. The van der Waals surface area contributed by atoms with Gasteiger partial charge in [-0.1, -0.05) is 35.5 Å². The molecule has 29 heavy (non-hydrogen) atoms. The van der Waals surface area contributed by atoms with E-state index in [2.05, 4.69) is 20.0 Å². The van der Waals surface area contributed by atoms with Gasteiger partial charge in [0.1, 0.15) is 0 Å². The summed E-state index contributed by atoms with van der Waals surface area (Å²) in [7, 11) is 0. The zero-order valence-corrected chi connectivity index (χ0v) is 16.1. The molecule has 0 saturated carbocycles. The molecule has 9 heteroatoms. The third-order valence-corrected chi connectivity index (χ3v) is 5.17. The van der Waals surface area contributed by atoms with Gasteiger partial charge < -0.3 is 9.42 Å². The van der Waals surface area contributed by atoms with Crippen LogP contribution >= 0.6 is 0 Å². The first-order chi connectivity index (χ1) is 14.1. The van der Waals surface area contributed by atoms with Gasteiger partial charge in [0.05, 0.1) is 11.0 Å². The van der Waals surface area contributed by atoms with E-state index in [4.69, 9.17) is 4.52 Å². The zero-order valence-electron chi connectivity index (χ0n) is 16.1. The number of pyridine rings is 1. The summed E-state index contributed by atoms with van der Waals surface area (Å²) in [5.41, 5.74) is 1.18. The second-order valence-electron chi connectivity index (χ2n) is 7.01. The number of hydrogen-bond acceptors (Lipinski definition) is 8. The van der Waals surface area contributed by atoms with Crippen LogP contribution < -0.4 is 4.90 Å². The van der Waals surface area contributed by atoms with Crippen LogP contribution in [-0.2, 0) is 6.42 Å². The van der Waals surface area contributed by atoms with E-state index in [0.29, 0.717) is 37.0 Å². The third kappa shape index (κ3) is 4.24. The molecular formula is C20H22N6O3. The largest absolute Gasteiger partial charge is 0.348 e. The molecular weight excluding hydrogens is 372 g/mol. The normalized spacial score (nSPS) is 16.0. The number of nitrogens with zero attached hydrogens (tertiary/aromatic N) is 6. The molecule has 0 N–H and O–H groups in total. The zero-order chi connectivity index (χ0) is 20.2. The van der Waals surface area contributed by atoms with Crippen molar-refractivity contribution < 1.29 is 9.45 Å². The predicted molar refractivity (Wildman–Crippen MR) is 107 cm³/mol. The maximum absolute atomic E-state index is 11.3. The standard InChI is InChI=1S/C20H22N6O3/c1-15(20-22-18(23-29-20)14-16-6-3-2-4-7-16)24-10-12-25(13-11-24)19-17(26(27)28)8-5-9-21-19/h2-9,15H,10-14H2,1H3.